The van der Waals surface area contributed by atoms with E-state index in [4.69, 9.17) is 25.8 Å². The third-order valence-corrected chi connectivity index (χ3v) is 0.755. The summed E-state index contributed by atoms with van der Waals surface area (Å²) in [7, 11) is -2.31. The maximum absolute atomic E-state index is 8.18. The van der Waals surface area contributed by atoms with E-state index in [2.05, 4.69) is 4.65 Å². The van der Waals surface area contributed by atoms with Gasteiger partial charge in [-0.15, -0.1) is 0 Å². The molecule has 0 bridgehead atoms. The van der Waals surface area contributed by atoms with Gasteiger partial charge in [-0.3, -0.25) is 0 Å². The summed E-state index contributed by atoms with van der Waals surface area (Å²) in [5.74, 6) is 0. The van der Waals surface area contributed by atoms with Crippen molar-refractivity contribution in [2.75, 3.05) is 0 Å². The molecule has 12 heavy (non-hydrogen) atoms. The minimum absolute atomic E-state index is 0. The molecule has 2 N–H and O–H groups in total. The van der Waals surface area contributed by atoms with Gasteiger partial charge in [-0.25, -0.2) is 0 Å². The van der Waals surface area contributed by atoms with Crippen LogP contribution in [-0.2, 0) is 4.65 Å². The summed E-state index contributed by atoms with van der Waals surface area (Å²) in [5, 5.41) is 40.9. The van der Waals surface area contributed by atoms with Crippen LogP contribution < -0.4 is 0 Å². The average molecular weight is 159 g/mol. The van der Waals surface area contributed by atoms with E-state index in [9.17, 15) is 0 Å². The van der Waals surface area contributed by atoms with Gasteiger partial charge in [0.15, 0.2) is 0 Å². The molecule has 6 nitrogen and oxygen atoms in total. The van der Waals surface area contributed by atoms with Gasteiger partial charge in [0.1, 0.15) is 18.2 Å². The molecule has 0 aliphatic heterocycles. The Morgan fingerprint density at radius 1 is 1.08 bits per heavy atom. The average Bonchev–Trinajstić information content (AvgIpc) is 2.00. The molecule has 0 saturated heterocycles. The van der Waals surface area contributed by atoms with Crippen LogP contribution in [0.25, 0.3) is 0 Å². The molecule has 0 unspecified atom stereocenters. The quantitative estimate of drug-likeness (QED) is 0.434. The van der Waals surface area contributed by atoms with Crippen molar-refractivity contribution in [1.82, 2.24) is 0 Å². The molecule has 0 rings (SSSR count). The van der Waals surface area contributed by atoms with Gasteiger partial charge < -0.3 is 14.7 Å². The molecule has 0 saturated carbocycles. The van der Waals surface area contributed by atoms with Crippen LogP contribution >= 0.6 is 0 Å². The summed E-state index contributed by atoms with van der Waals surface area (Å²) in [6.45, 7) is 0. The molecule has 0 amide bonds. The molecule has 0 aliphatic rings. The Labute approximate surface area is 80.9 Å². The fraction of sp³-hybridized carbons (Fsp3) is 0.250. The molecule has 0 radical (unpaired) electrons. The van der Waals surface area contributed by atoms with Crippen molar-refractivity contribution < 1.29 is 14.7 Å². The monoisotopic (exact) mass is 159 g/mol. The first-order valence-corrected chi connectivity index (χ1v) is 2.38. The van der Waals surface area contributed by atoms with Gasteiger partial charge in [0.05, 0.1) is 0 Å². The first-order valence-electron chi connectivity index (χ1n) is 2.38. The van der Waals surface area contributed by atoms with Crippen molar-refractivity contribution in [2.45, 2.75) is 5.60 Å². The van der Waals surface area contributed by atoms with Gasteiger partial charge in [-0.1, -0.05) is 0 Å². The van der Waals surface area contributed by atoms with Crippen molar-refractivity contribution in [1.29, 1.82) is 15.8 Å². The zero-order valence-electron chi connectivity index (χ0n) is 5.22. The van der Waals surface area contributed by atoms with Crippen molar-refractivity contribution in [3.05, 3.63) is 0 Å². The van der Waals surface area contributed by atoms with Crippen LogP contribution in [0.1, 0.15) is 0 Å². The van der Waals surface area contributed by atoms with Crippen LogP contribution in [0.15, 0.2) is 0 Å². The Hall–Kier alpha value is -0.988. The topological polar surface area (TPSA) is 121 Å². The van der Waals surface area contributed by atoms with Crippen molar-refractivity contribution in [2.24, 2.45) is 0 Å². The first kappa shape index (κ1) is 13.6. The van der Waals surface area contributed by atoms with Crippen LogP contribution in [0, 0.1) is 34.0 Å². The standard InChI is InChI=1S/C4H2BN3O3.Li.H/c6-1-4(2-7,3-8)11-5(9)10;;/h9-10H;;. The molecule has 0 aromatic heterocycles. The van der Waals surface area contributed by atoms with Crippen LogP contribution in [0.3, 0.4) is 0 Å². The molecule has 0 atom stereocenters. The fourth-order valence-electron chi connectivity index (χ4n) is 0.312. The predicted molar refractivity (Wildman–Crippen MR) is 38.0 cm³/mol. The van der Waals surface area contributed by atoms with E-state index in [0.29, 0.717) is 0 Å². The number of rotatable bonds is 2. The van der Waals surface area contributed by atoms with E-state index in [-0.39, 0.29) is 18.9 Å². The summed E-state index contributed by atoms with van der Waals surface area (Å²) < 4.78 is 3.91. The molecule has 56 valence electrons. The molecule has 0 aromatic rings. The van der Waals surface area contributed by atoms with Gasteiger partial charge in [-0.2, -0.15) is 15.8 Å². The third kappa shape index (κ3) is 3.42. The first-order chi connectivity index (χ1) is 5.10. The molecule has 8 heteroatoms. The fourth-order valence-corrected chi connectivity index (χ4v) is 0.312. The molecule has 0 aromatic carbocycles. The predicted octanol–water partition coefficient (Wildman–Crippen LogP) is -2.37. The van der Waals surface area contributed by atoms with Gasteiger partial charge in [0, 0.05) is 0 Å². The van der Waals surface area contributed by atoms with Crippen LogP contribution in [-0.4, -0.2) is 41.8 Å². The SMILES string of the molecule is N#CC(C#N)(C#N)OB(O)O.[LiH]. The van der Waals surface area contributed by atoms with Gasteiger partial charge in [-0.05, 0) is 0 Å². The van der Waals surface area contributed by atoms with Crippen LogP contribution in [0.5, 0.6) is 0 Å². The molecule has 0 aliphatic carbocycles. The zero-order valence-corrected chi connectivity index (χ0v) is 5.22. The van der Waals surface area contributed by atoms with E-state index in [1.165, 1.54) is 18.2 Å². The minimum atomic E-state index is -2.44. The van der Waals surface area contributed by atoms with Gasteiger partial charge >= 0.3 is 31.8 Å². The number of hydrogen-bond donors (Lipinski definition) is 2. The summed E-state index contributed by atoms with van der Waals surface area (Å²) in [4.78, 5) is 0. The Morgan fingerprint density at radius 3 is 1.50 bits per heavy atom. The summed E-state index contributed by atoms with van der Waals surface area (Å²) >= 11 is 0. The van der Waals surface area contributed by atoms with E-state index >= 15 is 0 Å². The second-order valence-corrected chi connectivity index (χ2v) is 1.46. The second kappa shape index (κ2) is 5.64. The maximum atomic E-state index is 8.18. The number of hydrogen-bond acceptors (Lipinski definition) is 6. The summed E-state index contributed by atoms with van der Waals surface area (Å²) in [6, 6.07) is 3.55. The molecular weight excluding hydrogens is 156 g/mol. The number of nitrogens with zero attached hydrogens (tertiary/aromatic N) is 3. The van der Waals surface area contributed by atoms with Gasteiger partial charge in [0.2, 0.25) is 0 Å². The summed E-state index contributed by atoms with van der Waals surface area (Å²) in [5.41, 5.74) is -2.44. The van der Waals surface area contributed by atoms with E-state index in [0.717, 1.165) is 0 Å². The van der Waals surface area contributed by atoms with Crippen LogP contribution in [0.2, 0.25) is 0 Å². The Kier molecular flexibility index (Phi) is 6.38. The van der Waals surface area contributed by atoms with E-state index < -0.39 is 12.9 Å². The Morgan fingerprint density at radius 2 is 1.42 bits per heavy atom. The molecule has 0 fully saturated rings. The van der Waals surface area contributed by atoms with Gasteiger partial charge in [0.25, 0.3) is 0 Å². The van der Waals surface area contributed by atoms with Crippen LogP contribution in [0.4, 0.5) is 0 Å². The Balaban J connectivity index is 0. The van der Waals surface area contributed by atoms with E-state index in [1.54, 1.807) is 0 Å². The van der Waals surface area contributed by atoms with Crippen molar-refractivity contribution >= 4 is 26.2 Å². The Bertz CT molecular complexity index is 226. The molecule has 0 heterocycles. The second-order valence-electron chi connectivity index (χ2n) is 1.46. The summed E-state index contributed by atoms with van der Waals surface area (Å²) in [6.07, 6.45) is 0. The van der Waals surface area contributed by atoms with E-state index in [1.807, 2.05) is 0 Å². The molecule has 0 spiro atoms. The molecular formula is C4H3BLiN3O3. The normalized spacial score (nSPS) is 8.25. The zero-order chi connectivity index (χ0) is 8.91. The van der Waals surface area contributed by atoms with Crippen molar-refractivity contribution in [3.63, 3.8) is 0 Å². The van der Waals surface area contributed by atoms with Crippen molar-refractivity contribution in [3.8, 4) is 18.2 Å². The number of nitriles is 3. The third-order valence-electron chi connectivity index (χ3n) is 0.755.